The van der Waals surface area contributed by atoms with Gasteiger partial charge in [0.15, 0.2) is 5.76 Å². The van der Waals surface area contributed by atoms with Crippen molar-refractivity contribution in [3.8, 4) is 5.95 Å². The van der Waals surface area contributed by atoms with Crippen LogP contribution in [0.3, 0.4) is 0 Å². The van der Waals surface area contributed by atoms with Gasteiger partial charge in [0.1, 0.15) is 6.61 Å². The lowest BCUT2D eigenvalue weighted by atomic mass is 10.00. The van der Waals surface area contributed by atoms with Gasteiger partial charge in [0.2, 0.25) is 0 Å². The van der Waals surface area contributed by atoms with Gasteiger partial charge in [-0.05, 0) is 6.07 Å². The molecule has 0 aliphatic carbocycles. The van der Waals surface area contributed by atoms with Crippen LogP contribution in [0.15, 0.2) is 16.5 Å². The molecule has 2 N–H and O–H groups in total. The number of ether oxygens (including phenoxy) is 1. The van der Waals surface area contributed by atoms with E-state index < -0.39 is 54.2 Å². The molecule has 1 rings (SSSR count). The second-order valence-electron chi connectivity index (χ2n) is 4.97. The highest BCUT2D eigenvalue weighted by atomic mass is 19.4. The highest BCUT2D eigenvalue weighted by Gasteiger charge is 2.74. The third-order valence-corrected chi connectivity index (χ3v) is 3.12. The summed E-state index contributed by atoms with van der Waals surface area (Å²) in [5, 5.41) is 17.7. The third-order valence-electron chi connectivity index (χ3n) is 3.12. The highest BCUT2D eigenvalue weighted by molar-refractivity contribution is 5.21. The normalized spacial score (nSPS) is 15.2. The van der Waals surface area contributed by atoms with Crippen molar-refractivity contribution >= 4 is 0 Å². The predicted octanol–water partition coefficient (Wildman–Crippen LogP) is 3.83. The lowest BCUT2D eigenvalue weighted by Crippen LogP contribution is -2.60. The lowest BCUT2D eigenvalue weighted by Gasteiger charge is -2.31. The van der Waals surface area contributed by atoms with E-state index in [1.54, 1.807) is 0 Å². The van der Waals surface area contributed by atoms with Crippen molar-refractivity contribution < 1.29 is 72.1 Å². The van der Waals surface area contributed by atoms with Crippen LogP contribution < -0.4 is 4.74 Å². The van der Waals surface area contributed by atoms with E-state index in [9.17, 15) is 52.7 Å². The van der Waals surface area contributed by atoms with Crippen LogP contribution in [-0.4, -0.2) is 47.1 Å². The standard InChI is InChI=1S/C11H6F12O4/c12-8(13,14)6(24,9(15,16)17)3-26-5-2-1-4(27-5)7(25,10(18,19)20)11(21,22)23/h1-2,24-25H,3H2. The molecule has 0 spiro atoms. The van der Waals surface area contributed by atoms with Gasteiger partial charge in [0.05, 0.1) is 0 Å². The van der Waals surface area contributed by atoms with Gasteiger partial charge in [-0.1, -0.05) is 0 Å². The molecule has 0 saturated carbocycles. The minimum absolute atomic E-state index is 0.00898. The fourth-order valence-electron chi connectivity index (χ4n) is 1.53. The second kappa shape index (κ2) is 6.35. The first-order valence-electron chi connectivity index (χ1n) is 6.13. The fraction of sp³-hybridized carbons (Fsp3) is 0.636. The van der Waals surface area contributed by atoms with Crippen LogP contribution in [0.2, 0.25) is 0 Å². The number of alkyl halides is 12. The van der Waals surface area contributed by atoms with Crippen LogP contribution in [0.5, 0.6) is 5.95 Å². The molecule has 0 aliphatic heterocycles. The van der Waals surface area contributed by atoms with Gasteiger partial charge in [-0.3, -0.25) is 0 Å². The maximum atomic E-state index is 12.6. The Kier molecular flexibility index (Phi) is 5.46. The smallest absolute Gasteiger partial charge is 0.433 e. The Labute approximate surface area is 139 Å². The van der Waals surface area contributed by atoms with E-state index in [0.717, 1.165) is 0 Å². The van der Waals surface area contributed by atoms with Gasteiger partial charge < -0.3 is 19.4 Å². The molecule has 158 valence electrons. The molecule has 0 aromatic carbocycles. The molecule has 4 nitrogen and oxygen atoms in total. The first-order chi connectivity index (χ1) is 11.7. The van der Waals surface area contributed by atoms with E-state index in [1.165, 1.54) is 0 Å². The van der Waals surface area contributed by atoms with Crippen LogP contribution in [0, 0.1) is 0 Å². The van der Waals surface area contributed by atoms with E-state index in [4.69, 9.17) is 10.2 Å². The zero-order chi connectivity index (χ0) is 21.7. The summed E-state index contributed by atoms with van der Waals surface area (Å²) in [4.78, 5) is 0. The Bertz CT molecular complexity index is 622. The number of rotatable bonds is 4. The molecule has 1 aromatic heterocycles. The molecule has 0 amide bonds. The van der Waals surface area contributed by atoms with Gasteiger partial charge >= 0.3 is 30.3 Å². The Hall–Kier alpha value is -1.84. The van der Waals surface area contributed by atoms with Crippen molar-refractivity contribution in [1.82, 2.24) is 0 Å². The van der Waals surface area contributed by atoms with Crippen LogP contribution in [0.1, 0.15) is 5.76 Å². The lowest BCUT2D eigenvalue weighted by molar-refractivity contribution is -0.381. The molecule has 0 radical (unpaired) electrons. The minimum atomic E-state index is -6.42. The van der Waals surface area contributed by atoms with Crippen molar-refractivity contribution in [2.75, 3.05) is 6.61 Å². The number of furan rings is 1. The average Bonchev–Trinajstić information content (AvgIpc) is 2.87. The molecular weight excluding hydrogens is 424 g/mol. The number of hydrogen-bond acceptors (Lipinski definition) is 4. The van der Waals surface area contributed by atoms with Crippen LogP contribution in [0.4, 0.5) is 52.7 Å². The summed E-state index contributed by atoms with van der Waals surface area (Å²) >= 11 is 0. The summed E-state index contributed by atoms with van der Waals surface area (Å²) in [5.74, 6) is -4.02. The molecular formula is C11H6F12O4. The number of aliphatic hydroxyl groups is 2. The fourth-order valence-corrected chi connectivity index (χ4v) is 1.53. The molecule has 0 fully saturated rings. The van der Waals surface area contributed by atoms with E-state index in [0.29, 0.717) is 0 Å². The molecule has 0 saturated heterocycles. The Morgan fingerprint density at radius 1 is 0.704 bits per heavy atom. The molecule has 0 bridgehead atoms. The monoisotopic (exact) mass is 430 g/mol. The molecule has 1 aromatic rings. The summed E-state index contributed by atoms with van der Waals surface area (Å²) in [6.45, 7) is -2.70. The predicted molar refractivity (Wildman–Crippen MR) is 57.3 cm³/mol. The number of hydrogen-bond donors (Lipinski definition) is 2. The SMILES string of the molecule is OC(COc1ccc(C(O)(C(F)(F)F)C(F)(F)F)o1)(C(F)(F)F)C(F)(F)F. The van der Waals surface area contributed by atoms with Gasteiger partial charge in [0, 0.05) is 6.07 Å². The third kappa shape index (κ3) is 3.90. The minimum Gasteiger partial charge on any atom is -0.461 e. The molecule has 0 unspecified atom stereocenters. The zero-order valence-corrected chi connectivity index (χ0v) is 12.1. The average molecular weight is 430 g/mol. The topological polar surface area (TPSA) is 62.8 Å². The van der Waals surface area contributed by atoms with Gasteiger partial charge in [-0.25, -0.2) is 0 Å². The van der Waals surface area contributed by atoms with E-state index in [1.807, 2.05) is 0 Å². The maximum Gasteiger partial charge on any atom is 0.433 e. The Balaban J connectivity index is 3.21. The Morgan fingerprint density at radius 3 is 1.44 bits per heavy atom. The largest absolute Gasteiger partial charge is 0.461 e. The first-order valence-corrected chi connectivity index (χ1v) is 6.13. The molecule has 27 heavy (non-hydrogen) atoms. The van der Waals surface area contributed by atoms with Crippen molar-refractivity contribution in [2.24, 2.45) is 0 Å². The number of halogens is 12. The quantitative estimate of drug-likeness (QED) is 0.714. The van der Waals surface area contributed by atoms with Gasteiger partial charge in [-0.2, -0.15) is 52.7 Å². The summed E-state index contributed by atoms with van der Waals surface area (Å²) in [6.07, 6.45) is -25.6. The van der Waals surface area contributed by atoms with Gasteiger partial charge in [0.25, 0.3) is 11.5 Å². The van der Waals surface area contributed by atoms with Gasteiger partial charge in [-0.15, -0.1) is 0 Å². The molecule has 0 aliphatic rings. The van der Waals surface area contributed by atoms with Crippen molar-refractivity contribution in [2.45, 2.75) is 35.9 Å². The summed E-state index contributed by atoms with van der Waals surface area (Å²) < 4.78 is 157. The van der Waals surface area contributed by atoms with E-state index in [-0.39, 0.29) is 12.1 Å². The van der Waals surface area contributed by atoms with E-state index in [2.05, 4.69) is 9.15 Å². The molecule has 1 heterocycles. The molecule has 0 atom stereocenters. The second-order valence-corrected chi connectivity index (χ2v) is 4.97. The Morgan fingerprint density at radius 2 is 1.11 bits per heavy atom. The van der Waals surface area contributed by atoms with Crippen LogP contribution in [0.25, 0.3) is 0 Å². The summed E-state index contributed by atoms with van der Waals surface area (Å²) in [5.41, 5.74) is -11.1. The first kappa shape index (κ1) is 23.2. The van der Waals surface area contributed by atoms with Crippen molar-refractivity contribution in [3.63, 3.8) is 0 Å². The maximum absolute atomic E-state index is 12.6. The molecule has 16 heteroatoms. The highest BCUT2D eigenvalue weighted by Crippen LogP contribution is 2.51. The van der Waals surface area contributed by atoms with Crippen molar-refractivity contribution in [1.29, 1.82) is 0 Å². The summed E-state index contributed by atoms with van der Waals surface area (Å²) in [7, 11) is 0. The van der Waals surface area contributed by atoms with Crippen molar-refractivity contribution in [3.05, 3.63) is 17.9 Å². The van der Waals surface area contributed by atoms with Crippen LogP contribution in [-0.2, 0) is 5.60 Å². The zero-order valence-electron chi connectivity index (χ0n) is 12.1. The summed E-state index contributed by atoms with van der Waals surface area (Å²) in [6, 6.07) is -0.235. The van der Waals surface area contributed by atoms with Crippen LogP contribution >= 0.6 is 0 Å². The van der Waals surface area contributed by atoms with E-state index >= 15 is 0 Å².